The van der Waals surface area contributed by atoms with Gasteiger partial charge in [-0.2, -0.15) is 13.2 Å². The Bertz CT molecular complexity index is 1060. The lowest BCUT2D eigenvalue weighted by molar-refractivity contribution is -0.138. The van der Waals surface area contributed by atoms with Crippen molar-refractivity contribution in [1.82, 2.24) is 10.2 Å². The number of halogens is 3. The fraction of sp³-hybridized carbons (Fsp3) is 0.375. The van der Waals surface area contributed by atoms with E-state index >= 15 is 0 Å². The molecule has 0 radical (unpaired) electrons. The van der Waals surface area contributed by atoms with Gasteiger partial charge in [-0.15, -0.1) is 10.2 Å². The Morgan fingerprint density at radius 1 is 1.32 bits per heavy atom. The molecule has 0 spiro atoms. The Morgan fingerprint density at radius 2 is 2.00 bits per heavy atom. The Balaban J connectivity index is 2.21. The van der Waals surface area contributed by atoms with E-state index in [4.69, 9.17) is 0 Å². The van der Waals surface area contributed by atoms with Gasteiger partial charge in [0.05, 0.1) is 30.4 Å². The van der Waals surface area contributed by atoms with Crippen molar-refractivity contribution in [1.29, 1.82) is 0 Å². The number of nitrogens with one attached hydrogen (secondary N) is 1. The maximum Gasteiger partial charge on any atom is 0.416 e. The summed E-state index contributed by atoms with van der Waals surface area (Å²) < 4.78 is 69.0. The number of amides is 1. The maximum absolute atomic E-state index is 13.0. The van der Waals surface area contributed by atoms with E-state index in [2.05, 4.69) is 20.3 Å². The van der Waals surface area contributed by atoms with E-state index < -0.39 is 39.7 Å². The van der Waals surface area contributed by atoms with Gasteiger partial charge in [0.1, 0.15) is 6.04 Å². The number of hydrogen-bond donors (Lipinski definition) is 1. The molecule has 9 nitrogen and oxygen atoms in total. The molecule has 1 aromatic heterocycles. The van der Waals surface area contributed by atoms with Crippen molar-refractivity contribution in [2.45, 2.75) is 23.5 Å². The molecule has 1 unspecified atom stereocenters. The summed E-state index contributed by atoms with van der Waals surface area (Å²) >= 11 is 1.96. The summed E-state index contributed by atoms with van der Waals surface area (Å²) in [6, 6.07) is 2.26. The third-order valence-corrected chi connectivity index (χ3v) is 6.88. The van der Waals surface area contributed by atoms with E-state index in [1.54, 1.807) is 0 Å². The molecule has 1 amide bonds. The first-order chi connectivity index (χ1) is 14.3. The zero-order chi connectivity index (χ0) is 23.4. The molecule has 0 fully saturated rings. The maximum atomic E-state index is 13.0. The van der Waals surface area contributed by atoms with Crippen LogP contribution in [0.2, 0.25) is 0 Å². The number of anilines is 2. The second-order valence-electron chi connectivity index (χ2n) is 6.01. The normalized spacial score (nSPS) is 12.8. The molecule has 0 saturated heterocycles. The number of carbonyl (C=O) groups is 2. The Kier molecular flexibility index (Phi) is 7.88. The first-order valence-electron chi connectivity index (χ1n) is 8.33. The lowest BCUT2D eigenvalue weighted by atomic mass is 10.2. The molecule has 1 N–H and O–H groups in total. The summed E-state index contributed by atoms with van der Waals surface area (Å²) in [5, 5.41) is 9.92. The summed E-state index contributed by atoms with van der Waals surface area (Å²) in [6.07, 6.45) is -3.90. The minimum Gasteiger partial charge on any atom is -0.468 e. The van der Waals surface area contributed by atoms with E-state index in [0.717, 1.165) is 47.6 Å². The summed E-state index contributed by atoms with van der Waals surface area (Å²) in [5.74, 6) is -1.33. The standard InChI is InChI=1S/C16H17F3N4O5S3/c1-9(13(25)20-14-21-22-15(30-14)29-8-12(24)28-2)23(31(3,26)27)11-6-4-5-10(7-11)16(17,18)19/h4-7,9H,8H2,1-3H3,(H,20,21,25). The largest absolute Gasteiger partial charge is 0.468 e. The first-order valence-corrected chi connectivity index (χ1v) is 12.0. The number of sulfonamides is 1. The fourth-order valence-electron chi connectivity index (χ4n) is 2.34. The Labute approximate surface area is 184 Å². The Morgan fingerprint density at radius 3 is 2.58 bits per heavy atom. The quantitative estimate of drug-likeness (QED) is 0.335. The van der Waals surface area contributed by atoms with Crippen molar-refractivity contribution in [3.8, 4) is 0 Å². The third-order valence-electron chi connectivity index (χ3n) is 3.69. The number of benzene rings is 1. The van der Waals surface area contributed by atoms with Gasteiger partial charge in [-0.3, -0.25) is 19.2 Å². The van der Waals surface area contributed by atoms with Gasteiger partial charge in [-0.05, 0) is 25.1 Å². The molecule has 2 aromatic rings. The van der Waals surface area contributed by atoms with Crippen molar-refractivity contribution in [3.05, 3.63) is 29.8 Å². The van der Waals surface area contributed by atoms with Crippen LogP contribution in [0.1, 0.15) is 12.5 Å². The van der Waals surface area contributed by atoms with Crippen molar-refractivity contribution >= 4 is 55.8 Å². The molecule has 0 aliphatic rings. The number of hydrogen-bond acceptors (Lipinski definition) is 9. The fourth-order valence-corrected chi connectivity index (χ4v) is 5.09. The molecule has 31 heavy (non-hydrogen) atoms. The number of methoxy groups -OCH3 is 1. The molecule has 0 aliphatic heterocycles. The van der Waals surface area contributed by atoms with Crippen LogP contribution in [0.3, 0.4) is 0 Å². The molecular formula is C16H17F3N4O5S3. The van der Waals surface area contributed by atoms with Gasteiger partial charge >= 0.3 is 12.1 Å². The van der Waals surface area contributed by atoms with Crippen molar-refractivity contribution in [2.75, 3.05) is 28.7 Å². The highest BCUT2D eigenvalue weighted by atomic mass is 32.2. The van der Waals surface area contributed by atoms with E-state index in [1.165, 1.54) is 14.0 Å². The van der Waals surface area contributed by atoms with Crippen LogP contribution in [0, 0.1) is 0 Å². The number of carbonyl (C=O) groups excluding carboxylic acids is 2. The Hall–Kier alpha value is -2.39. The highest BCUT2D eigenvalue weighted by molar-refractivity contribution is 8.01. The number of esters is 1. The average molecular weight is 499 g/mol. The summed E-state index contributed by atoms with van der Waals surface area (Å²) in [4.78, 5) is 23.8. The van der Waals surface area contributed by atoms with Crippen molar-refractivity contribution in [3.63, 3.8) is 0 Å². The number of thioether (sulfide) groups is 1. The summed E-state index contributed by atoms with van der Waals surface area (Å²) in [7, 11) is -2.89. The SMILES string of the molecule is COC(=O)CSc1nnc(NC(=O)C(C)N(c2cccc(C(F)(F)F)c2)S(C)(=O)=O)s1. The van der Waals surface area contributed by atoms with Gasteiger partial charge in [-0.25, -0.2) is 8.42 Å². The first kappa shape index (κ1) is 24.9. The van der Waals surface area contributed by atoms with E-state index in [0.29, 0.717) is 14.7 Å². The number of ether oxygens (including phenoxy) is 1. The zero-order valence-corrected chi connectivity index (χ0v) is 18.8. The van der Waals surface area contributed by atoms with Crippen LogP contribution >= 0.6 is 23.1 Å². The number of alkyl halides is 3. The number of nitrogens with zero attached hydrogens (tertiary/aromatic N) is 3. The van der Waals surface area contributed by atoms with Gasteiger partial charge in [-0.1, -0.05) is 29.2 Å². The van der Waals surface area contributed by atoms with Crippen LogP contribution in [0.5, 0.6) is 0 Å². The highest BCUT2D eigenvalue weighted by Crippen LogP contribution is 2.33. The van der Waals surface area contributed by atoms with Crippen molar-refractivity contribution < 1.29 is 35.9 Å². The van der Waals surface area contributed by atoms with Crippen LogP contribution < -0.4 is 9.62 Å². The molecule has 1 atom stereocenters. The predicted molar refractivity (Wildman–Crippen MR) is 110 cm³/mol. The molecule has 15 heteroatoms. The third kappa shape index (κ3) is 6.80. The lowest BCUT2D eigenvalue weighted by Crippen LogP contribution is -2.45. The predicted octanol–water partition coefficient (Wildman–Crippen LogP) is 2.62. The molecule has 2 rings (SSSR count). The second kappa shape index (κ2) is 9.82. The molecule has 170 valence electrons. The average Bonchev–Trinajstić information content (AvgIpc) is 3.11. The van der Waals surface area contributed by atoms with Crippen LogP contribution in [-0.2, 0) is 30.5 Å². The minimum absolute atomic E-state index is 0.0209. The summed E-state index contributed by atoms with van der Waals surface area (Å²) in [6.45, 7) is 1.23. The van der Waals surface area contributed by atoms with Gasteiger partial charge in [0, 0.05) is 0 Å². The van der Waals surface area contributed by atoms with Gasteiger partial charge in [0.15, 0.2) is 4.34 Å². The van der Waals surface area contributed by atoms with Crippen LogP contribution in [-0.4, -0.2) is 55.7 Å². The second-order valence-corrected chi connectivity index (χ2v) is 10.1. The van der Waals surface area contributed by atoms with E-state index in [1.807, 2.05) is 0 Å². The monoisotopic (exact) mass is 498 g/mol. The van der Waals surface area contributed by atoms with E-state index in [-0.39, 0.29) is 16.6 Å². The molecular weight excluding hydrogens is 481 g/mol. The van der Waals surface area contributed by atoms with Crippen LogP contribution in [0.25, 0.3) is 0 Å². The smallest absolute Gasteiger partial charge is 0.416 e. The lowest BCUT2D eigenvalue weighted by Gasteiger charge is -2.28. The molecule has 0 bridgehead atoms. The topological polar surface area (TPSA) is 119 Å². The zero-order valence-electron chi connectivity index (χ0n) is 16.3. The van der Waals surface area contributed by atoms with Crippen LogP contribution in [0.15, 0.2) is 28.6 Å². The van der Waals surface area contributed by atoms with Gasteiger partial charge in [0.25, 0.3) is 0 Å². The van der Waals surface area contributed by atoms with Gasteiger partial charge < -0.3 is 4.74 Å². The highest BCUT2D eigenvalue weighted by Gasteiger charge is 2.34. The summed E-state index contributed by atoms with van der Waals surface area (Å²) in [5.41, 5.74) is -1.37. The molecule has 1 aromatic carbocycles. The molecule has 1 heterocycles. The molecule has 0 saturated carbocycles. The minimum atomic E-state index is -4.69. The number of aromatic nitrogens is 2. The number of rotatable bonds is 8. The van der Waals surface area contributed by atoms with E-state index in [9.17, 15) is 31.2 Å². The molecule has 0 aliphatic carbocycles. The van der Waals surface area contributed by atoms with Crippen molar-refractivity contribution in [2.24, 2.45) is 0 Å². The van der Waals surface area contributed by atoms with Crippen LogP contribution in [0.4, 0.5) is 24.0 Å². The van der Waals surface area contributed by atoms with Gasteiger partial charge in [0.2, 0.25) is 21.1 Å².